The van der Waals surface area contributed by atoms with Crippen LogP contribution in [0.15, 0.2) is 54.9 Å². The van der Waals surface area contributed by atoms with Gasteiger partial charge in [-0.05, 0) is 17.7 Å². The highest BCUT2D eigenvalue weighted by atomic mass is 35.5. The minimum Gasteiger partial charge on any atom is -0.618 e. The van der Waals surface area contributed by atoms with Crippen molar-refractivity contribution in [3.8, 4) is 11.5 Å². The first-order valence-corrected chi connectivity index (χ1v) is 7.92. The third-order valence-electron chi connectivity index (χ3n) is 3.80. The van der Waals surface area contributed by atoms with Crippen LogP contribution in [-0.2, 0) is 6.54 Å². The molecular formula is C17H13ClN6O. The molecule has 0 aliphatic heterocycles. The molecule has 0 aliphatic rings. The third kappa shape index (κ3) is 2.85. The summed E-state index contributed by atoms with van der Waals surface area (Å²) in [5.41, 5.74) is 7.72. The van der Waals surface area contributed by atoms with Crippen LogP contribution in [0.2, 0.25) is 5.02 Å². The van der Waals surface area contributed by atoms with Gasteiger partial charge in [0.25, 0.3) is 5.69 Å². The largest absolute Gasteiger partial charge is 0.618 e. The highest BCUT2D eigenvalue weighted by molar-refractivity contribution is 6.31. The summed E-state index contributed by atoms with van der Waals surface area (Å²) in [5.74, 6) is 0.512. The number of fused-ring (bicyclic) bond motifs is 1. The fourth-order valence-electron chi connectivity index (χ4n) is 2.57. The zero-order chi connectivity index (χ0) is 17.4. The minimum atomic E-state index is 0.239. The van der Waals surface area contributed by atoms with E-state index in [2.05, 4.69) is 15.1 Å². The van der Waals surface area contributed by atoms with Crippen LogP contribution >= 0.6 is 11.6 Å². The second kappa shape index (κ2) is 6.03. The van der Waals surface area contributed by atoms with E-state index >= 15 is 0 Å². The van der Waals surface area contributed by atoms with E-state index < -0.39 is 0 Å². The summed E-state index contributed by atoms with van der Waals surface area (Å²) in [6.45, 7) is 0.484. The molecule has 3 aromatic heterocycles. The summed E-state index contributed by atoms with van der Waals surface area (Å²) in [6, 6.07) is 12.6. The standard InChI is InChI=1S/C17H13ClN6O/c18-13-6-2-1-5-11(13)9-23-10-12-15(19)20-17(21-16(12)22-23)14-7-3-4-8-24(14)25/h1-8,10H,9H2,(H2,19,20,21,22). The molecule has 0 bridgehead atoms. The lowest BCUT2D eigenvalue weighted by atomic mass is 10.2. The molecular weight excluding hydrogens is 340 g/mol. The maximum atomic E-state index is 11.9. The van der Waals surface area contributed by atoms with E-state index in [1.807, 2.05) is 24.3 Å². The van der Waals surface area contributed by atoms with Gasteiger partial charge in [-0.1, -0.05) is 29.8 Å². The van der Waals surface area contributed by atoms with Crippen molar-refractivity contribution >= 4 is 28.5 Å². The van der Waals surface area contributed by atoms with Crippen molar-refractivity contribution in [2.24, 2.45) is 0 Å². The SMILES string of the molecule is Nc1nc(-c2cccc[n+]2[O-])nc2nn(Cc3ccccc3Cl)cc12. The monoisotopic (exact) mass is 352 g/mol. The van der Waals surface area contributed by atoms with Crippen LogP contribution in [0.25, 0.3) is 22.6 Å². The van der Waals surface area contributed by atoms with Gasteiger partial charge in [0.2, 0.25) is 5.82 Å². The summed E-state index contributed by atoms with van der Waals surface area (Å²) in [7, 11) is 0. The average Bonchev–Trinajstić information content (AvgIpc) is 3.00. The number of aromatic nitrogens is 5. The van der Waals surface area contributed by atoms with Crippen LogP contribution in [0, 0.1) is 5.21 Å². The van der Waals surface area contributed by atoms with E-state index in [1.165, 1.54) is 6.20 Å². The molecule has 8 heteroatoms. The first kappa shape index (κ1) is 15.3. The Morgan fingerprint density at radius 2 is 1.92 bits per heavy atom. The lowest BCUT2D eigenvalue weighted by Crippen LogP contribution is -2.28. The number of rotatable bonds is 3. The highest BCUT2D eigenvalue weighted by Crippen LogP contribution is 2.22. The van der Waals surface area contributed by atoms with Crippen LogP contribution in [0.3, 0.4) is 0 Å². The molecule has 25 heavy (non-hydrogen) atoms. The number of nitrogens with two attached hydrogens (primary N) is 1. The molecule has 0 saturated carbocycles. The lowest BCUT2D eigenvalue weighted by Gasteiger charge is -2.03. The van der Waals surface area contributed by atoms with Gasteiger partial charge in [-0.2, -0.15) is 9.83 Å². The second-order valence-electron chi connectivity index (χ2n) is 5.50. The zero-order valence-corrected chi connectivity index (χ0v) is 13.8. The highest BCUT2D eigenvalue weighted by Gasteiger charge is 2.16. The van der Waals surface area contributed by atoms with E-state index in [4.69, 9.17) is 17.3 Å². The molecule has 0 amide bonds. The number of hydrogen-bond donors (Lipinski definition) is 1. The molecule has 124 valence electrons. The molecule has 0 fully saturated rings. The van der Waals surface area contributed by atoms with Crippen molar-refractivity contribution in [2.75, 3.05) is 5.73 Å². The predicted octanol–water partition coefficient (Wildman–Crippen LogP) is 2.41. The fourth-order valence-corrected chi connectivity index (χ4v) is 2.77. The Balaban J connectivity index is 1.77. The third-order valence-corrected chi connectivity index (χ3v) is 4.17. The summed E-state index contributed by atoms with van der Waals surface area (Å²) in [4.78, 5) is 8.61. The maximum absolute atomic E-state index is 11.9. The Morgan fingerprint density at radius 3 is 2.72 bits per heavy atom. The van der Waals surface area contributed by atoms with E-state index in [0.717, 1.165) is 5.56 Å². The van der Waals surface area contributed by atoms with Crippen molar-refractivity contribution in [2.45, 2.75) is 6.54 Å². The van der Waals surface area contributed by atoms with E-state index in [-0.39, 0.29) is 11.6 Å². The van der Waals surface area contributed by atoms with Crippen LogP contribution in [0.1, 0.15) is 5.56 Å². The fraction of sp³-hybridized carbons (Fsp3) is 0.0588. The topological polar surface area (TPSA) is 96.6 Å². The Kier molecular flexibility index (Phi) is 3.70. The molecule has 0 atom stereocenters. The van der Waals surface area contributed by atoms with Gasteiger partial charge in [0.1, 0.15) is 5.82 Å². The normalized spacial score (nSPS) is 11.1. The molecule has 1 aromatic carbocycles. The van der Waals surface area contributed by atoms with Crippen LogP contribution in [0.5, 0.6) is 0 Å². The molecule has 0 aliphatic carbocycles. The molecule has 2 N–H and O–H groups in total. The molecule has 0 radical (unpaired) electrons. The summed E-state index contributed by atoms with van der Waals surface area (Å²) >= 11 is 6.20. The number of benzene rings is 1. The van der Waals surface area contributed by atoms with Crippen molar-refractivity contribution in [1.29, 1.82) is 0 Å². The van der Waals surface area contributed by atoms with Gasteiger partial charge < -0.3 is 10.9 Å². The quantitative estimate of drug-likeness (QED) is 0.451. The predicted molar refractivity (Wildman–Crippen MR) is 94.7 cm³/mol. The van der Waals surface area contributed by atoms with E-state index in [9.17, 15) is 5.21 Å². The van der Waals surface area contributed by atoms with E-state index in [1.54, 1.807) is 29.1 Å². The Hall–Kier alpha value is -3.19. The van der Waals surface area contributed by atoms with E-state index in [0.29, 0.717) is 33.0 Å². The zero-order valence-electron chi connectivity index (χ0n) is 13.0. The van der Waals surface area contributed by atoms with Crippen molar-refractivity contribution in [1.82, 2.24) is 19.7 Å². The average molecular weight is 353 g/mol. The Bertz CT molecular complexity index is 1080. The number of hydrogen-bond acceptors (Lipinski definition) is 5. The van der Waals surface area contributed by atoms with Crippen LogP contribution < -0.4 is 10.5 Å². The van der Waals surface area contributed by atoms with Crippen LogP contribution in [-0.4, -0.2) is 19.7 Å². The minimum absolute atomic E-state index is 0.239. The van der Waals surface area contributed by atoms with Gasteiger partial charge in [-0.3, -0.25) is 4.68 Å². The molecule has 0 saturated heterocycles. The maximum Gasteiger partial charge on any atom is 0.261 e. The van der Waals surface area contributed by atoms with Gasteiger partial charge in [0.05, 0.1) is 11.9 Å². The number of pyridine rings is 1. The van der Waals surface area contributed by atoms with Crippen molar-refractivity contribution < 1.29 is 4.73 Å². The number of nitrogens with zero attached hydrogens (tertiary/aromatic N) is 5. The second-order valence-corrected chi connectivity index (χ2v) is 5.91. The van der Waals surface area contributed by atoms with Gasteiger partial charge in [0.15, 0.2) is 11.8 Å². The number of anilines is 1. The first-order valence-electron chi connectivity index (χ1n) is 7.54. The summed E-state index contributed by atoms with van der Waals surface area (Å²) in [6.07, 6.45) is 3.16. The number of nitrogen functional groups attached to an aromatic ring is 1. The van der Waals surface area contributed by atoms with Gasteiger partial charge in [-0.25, -0.2) is 9.97 Å². The molecule has 0 unspecified atom stereocenters. The lowest BCUT2D eigenvalue weighted by molar-refractivity contribution is -0.594. The molecule has 0 spiro atoms. The number of halogens is 1. The Morgan fingerprint density at radius 1 is 1.12 bits per heavy atom. The smallest absolute Gasteiger partial charge is 0.261 e. The molecule has 3 heterocycles. The molecule has 4 aromatic rings. The molecule has 7 nitrogen and oxygen atoms in total. The summed E-state index contributed by atoms with van der Waals surface area (Å²) < 4.78 is 2.40. The van der Waals surface area contributed by atoms with Gasteiger partial charge in [0, 0.05) is 23.4 Å². The van der Waals surface area contributed by atoms with Gasteiger partial charge >= 0.3 is 0 Å². The summed E-state index contributed by atoms with van der Waals surface area (Å²) in [5, 5.41) is 17.6. The molecule has 4 rings (SSSR count). The first-order chi connectivity index (χ1) is 12.1. The van der Waals surface area contributed by atoms with Crippen molar-refractivity contribution in [3.05, 3.63) is 70.7 Å². The van der Waals surface area contributed by atoms with Crippen molar-refractivity contribution in [3.63, 3.8) is 0 Å². The van der Waals surface area contributed by atoms with Crippen LogP contribution in [0.4, 0.5) is 5.82 Å². The van der Waals surface area contributed by atoms with Gasteiger partial charge in [-0.15, -0.1) is 0 Å². The Labute approximate surface area is 147 Å².